The molecule has 1 atom stereocenters. The molecule has 0 bridgehead atoms. The molecule has 0 aliphatic carbocycles. The van der Waals surface area contributed by atoms with Crippen molar-refractivity contribution in [2.75, 3.05) is 20.7 Å². The van der Waals surface area contributed by atoms with Gasteiger partial charge in [0.2, 0.25) is 5.91 Å². The van der Waals surface area contributed by atoms with Gasteiger partial charge in [0.05, 0.1) is 13.7 Å². The van der Waals surface area contributed by atoms with Gasteiger partial charge >= 0.3 is 0 Å². The Morgan fingerprint density at radius 2 is 1.72 bits per heavy atom. The van der Waals surface area contributed by atoms with E-state index < -0.39 is 10.0 Å². The van der Waals surface area contributed by atoms with Gasteiger partial charge in [0, 0.05) is 19.6 Å². The summed E-state index contributed by atoms with van der Waals surface area (Å²) in [4.78, 5) is 15.1. The highest BCUT2D eigenvalue weighted by atomic mass is 32.2. The number of nitrogens with zero attached hydrogens (tertiary/aromatic N) is 2. The van der Waals surface area contributed by atoms with Gasteiger partial charge in [0.15, 0.2) is 0 Å². The van der Waals surface area contributed by atoms with Crippen LogP contribution in [0.2, 0.25) is 0 Å². The molecule has 6 nitrogen and oxygen atoms in total. The number of methoxy groups -OCH3 is 1. The van der Waals surface area contributed by atoms with Gasteiger partial charge in [0.1, 0.15) is 9.96 Å². The summed E-state index contributed by atoms with van der Waals surface area (Å²) in [5.41, 5.74) is 1.98. The summed E-state index contributed by atoms with van der Waals surface area (Å²) in [6.07, 6.45) is 0.587. The lowest BCUT2D eigenvalue weighted by atomic mass is 10.0. The zero-order valence-corrected chi connectivity index (χ0v) is 20.1. The zero-order chi connectivity index (χ0) is 23.1. The molecular formula is C24H28N2O4S2. The number of carbonyl (C=O) groups excluding carboxylic acids is 1. The predicted octanol–water partition coefficient (Wildman–Crippen LogP) is 4.04. The minimum atomic E-state index is -3.71. The maximum atomic E-state index is 13.4. The molecule has 8 heteroatoms. The molecule has 0 saturated heterocycles. The van der Waals surface area contributed by atoms with E-state index in [1.165, 1.54) is 7.05 Å². The van der Waals surface area contributed by atoms with Gasteiger partial charge in [-0.25, -0.2) is 8.42 Å². The number of hydrogen-bond acceptors (Lipinski definition) is 5. The van der Waals surface area contributed by atoms with Crippen molar-refractivity contribution in [1.82, 2.24) is 9.21 Å². The van der Waals surface area contributed by atoms with Crippen LogP contribution in [0.5, 0.6) is 5.75 Å². The first-order valence-electron chi connectivity index (χ1n) is 10.3. The van der Waals surface area contributed by atoms with Crippen LogP contribution in [-0.2, 0) is 27.8 Å². The van der Waals surface area contributed by atoms with Crippen molar-refractivity contribution in [3.63, 3.8) is 0 Å². The molecule has 0 saturated carbocycles. The van der Waals surface area contributed by atoms with E-state index in [-0.39, 0.29) is 22.7 Å². The van der Waals surface area contributed by atoms with Crippen molar-refractivity contribution in [3.05, 3.63) is 83.2 Å². The summed E-state index contributed by atoms with van der Waals surface area (Å²) in [6, 6.07) is 20.5. The number of ether oxygens (including phenoxy) is 1. The van der Waals surface area contributed by atoms with E-state index in [9.17, 15) is 13.2 Å². The van der Waals surface area contributed by atoms with Crippen molar-refractivity contribution in [2.45, 2.75) is 30.1 Å². The van der Waals surface area contributed by atoms with Gasteiger partial charge < -0.3 is 9.64 Å². The van der Waals surface area contributed by atoms with E-state index in [4.69, 9.17) is 4.74 Å². The fourth-order valence-electron chi connectivity index (χ4n) is 3.50. The Hall–Kier alpha value is -2.68. The van der Waals surface area contributed by atoms with Crippen LogP contribution in [0.15, 0.2) is 76.3 Å². The summed E-state index contributed by atoms with van der Waals surface area (Å²) < 4.78 is 32.4. The number of hydrogen-bond donors (Lipinski definition) is 0. The average Bonchev–Trinajstić information content (AvgIpc) is 3.34. The summed E-state index contributed by atoms with van der Waals surface area (Å²) in [7, 11) is -0.639. The third-order valence-electron chi connectivity index (χ3n) is 5.27. The first kappa shape index (κ1) is 24.0. The van der Waals surface area contributed by atoms with Crippen LogP contribution < -0.4 is 4.74 Å². The molecule has 0 radical (unpaired) electrons. The SMILES string of the molecule is COc1ccccc1CC(C)N(Cc1ccccc1)C(=O)CN(C)S(=O)(=O)c1cccs1. The average molecular weight is 473 g/mol. The number of amides is 1. The molecule has 1 aromatic heterocycles. The lowest BCUT2D eigenvalue weighted by Crippen LogP contribution is -2.45. The normalized spacial score (nSPS) is 12.5. The number of likely N-dealkylation sites (N-methyl/N-ethyl adjacent to an activating group) is 1. The van der Waals surface area contributed by atoms with Gasteiger partial charge in [0.25, 0.3) is 10.0 Å². The van der Waals surface area contributed by atoms with Gasteiger partial charge in [-0.2, -0.15) is 4.31 Å². The maximum Gasteiger partial charge on any atom is 0.252 e. The quantitative estimate of drug-likeness (QED) is 0.447. The Kier molecular flexibility index (Phi) is 8.06. The molecular weight excluding hydrogens is 444 g/mol. The molecule has 3 rings (SSSR count). The standard InChI is InChI=1S/C24H28N2O4S2/c1-19(16-21-12-7-8-13-22(21)30-3)26(17-20-10-5-4-6-11-20)23(27)18-25(2)32(28,29)24-14-9-15-31-24/h4-15,19H,16-18H2,1-3H3. The van der Waals surface area contributed by atoms with Gasteiger partial charge in [-0.15, -0.1) is 11.3 Å². The molecule has 170 valence electrons. The first-order valence-corrected chi connectivity index (χ1v) is 12.6. The van der Waals surface area contributed by atoms with Crippen LogP contribution in [0.3, 0.4) is 0 Å². The molecule has 1 heterocycles. The van der Waals surface area contributed by atoms with Crippen LogP contribution in [0.25, 0.3) is 0 Å². The summed E-state index contributed by atoms with van der Waals surface area (Å²) >= 11 is 1.14. The fourth-order valence-corrected chi connectivity index (χ4v) is 5.82. The number of rotatable bonds is 10. The maximum absolute atomic E-state index is 13.4. The van der Waals surface area contributed by atoms with E-state index in [0.717, 1.165) is 32.5 Å². The molecule has 0 fully saturated rings. The molecule has 3 aromatic rings. The van der Waals surface area contributed by atoms with Gasteiger partial charge in [-0.1, -0.05) is 54.6 Å². The topological polar surface area (TPSA) is 66.9 Å². The van der Waals surface area contributed by atoms with Crippen molar-refractivity contribution in [3.8, 4) is 5.75 Å². The van der Waals surface area contributed by atoms with Crippen molar-refractivity contribution in [2.24, 2.45) is 0 Å². The summed E-state index contributed by atoms with van der Waals surface area (Å²) in [6.45, 7) is 2.13. The van der Waals surface area contributed by atoms with Crippen LogP contribution in [0.1, 0.15) is 18.1 Å². The lowest BCUT2D eigenvalue weighted by Gasteiger charge is -2.31. The van der Waals surface area contributed by atoms with Crippen LogP contribution >= 0.6 is 11.3 Å². The van der Waals surface area contributed by atoms with Crippen LogP contribution in [0, 0.1) is 0 Å². The van der Waals surface area contributed by atoms with E-state index in [2.05, 4.69) is 0 Å². The number of para-hydroxylation sites is 1. The Labute approximate surface area is 194 Å². The first-order chi connectivity index (χ1) is 15.3. The molecule has 0 N–H and O–H groups in total. The molecule has 1 unspecified atom stereocenters. The minimum absolute atomic E-state index is 0.170. The smallest absolute Gasteiger partial charge is 0.252 e. The monoisotopic (exact) mass is 472 g/mol. The van der Waals surface area contributed by atoms with E-state index >= 15 is 0 Å². The van der Waals surface area contributed by atoms with E-state index in [1.807, 2.05) is 61.5 Å². The highest BCUT2D eigenvalue weighted by molar-refractivity contribution is 7.91. The third kappa shape index (κ3) is 5.76. The highest BCUT2D eigenvalue weighted by Gasteiger charge is 2.28. The molecule has 0 aliphatic heterocycles. The van der Waals surface area contributed by atoms with Crippen molar-refractivity contribution >= 4 is 27.3 Å². The third-order valence-corrected chi connectivity index (χ3v) is 8.45. The van der Waals surface area contributed by atoms with Crippen LogP contribution in [0.4, 0.5) is 0 Å². The van der Waals surface area contributed by atoms with Gasteiger partial charge in [-0.05, 0) is 42.0 Å². The number of sulfonamides is 1. The second-order valence-electron chi connectivity index (χ2n) is 7.57. The highest BCUT2D eigenvalue weighted by Crippen LogP contribution is 2.23. The molecule has 1 amide bonds. The fraction of sp³-hybridized carbons (Fsp3) is 0.292. The van der Waals surface area contributed by atoms with E-state index in [0.29, 0.717) is 13.0 Å². The molecule has 0 aliphatic rings. The molecule has 0 spiro atoms. The Balaban J connectivity index is 1.82. The minimum Gasteiger partial charge on any atom is -0.496 e. The Morgan fingerprint density at radius 1 is 1.03 bits per heavy atom. The zero-order valence-electron chi connectivity index (χ0n) is 18.5. The van der Waals surface area contributed by atoms with Gasteiger partial charge in [-0.3, -0.25) is 4.79 Å². The second-order valence-corrected chi connectivity index (χ2v) is 10.8. The summed E-state index contributed by atoms with van der Waals surface area (Å²) in [5, 5.41) is 1.71. The predicted molar refractivity (Wildman–Crippen MR) is 127 cm³/mol. The van der Waals surface area contributed by atoms with Crippen molar-refractivity contribution < 1.29 is 17.9 Å². The number of carbonyl (C=O) groups is 1. The summed E-state index contributed by atoms with van der Waals surface area (Å²) in [5.74, 6) is 0.516. The lowest BCUT2D eigenvalue weighted by molar-refractivity contribution is -0.133. The Morgan fingerprint density at radius 3 is 2.38 bits per heavy atom. The second kappa shape index (κ2) is 10.8. The number of benzene rings is 2. The van der Waals surface area contributed by atoms with E-state index in [1.54, 1.807) is 29.5 Å². The van der Waals surface area contributed by atoms with Crippen LogP contribution in [-0.4, -0.2) is 50.3 Å². The van der Waals surface area contributed by atoms with Crippen molar-refractivity contribution in [1.29, 1.82) is 0 Å². The largest absolute Gasteiger partial charge is 0.496 e. The molecule has 2 aromatic carbocycles. The number of thiophene rings is 1. The Bertz CT molecular complexity index is 1120. The molecule has 32 heavy (non-hydrogen) atoms.